The molecule has 2 amide bonds. The molecular formula is C28H33F3N8O2. The Hall–Kier alpha value is -4.18. The van der Waals surface area contributed by atoms with Gasteiger partial charge in [0.1, 0.15) is 5.56 Å². The molecule has 2 fully saturated rings. The lowest BCUT2D eigenvalue weighted by molar-refractivity contribution is -0.212. The predicted molar refractivity (Wildman–Crippen MR) is 145 cm³/mol. The van der Waals surface area contributed by atoms with Crippen LogP contribution in [-0.4, -0.2) is 49.4 Å². The summed E-state index contributed by atoms with van der Waals surface area (Å²) in [5.41, 5.74) is 6.82. The Labute approximate surface area is 235 Å². The average Bonchev–Trinajstić information content (AvgIpc) is 3.51. The highest BCUT2D eigenvalue weighted by atomic mass is 19.4. The Morgan fingerprint density at radius 3 is 2.32 bits per heavy atom. The van der Waals surface area contributed by atoms with Crippen molar-refractivity contribution in [2.75, 3.05) is 18.4 Å². The van der Waals surface area contributed by atoms with E-state index in [0.717, 1.165) is 24.6 Å². The number of carbonyl (C=O) groups excluding carboxylic acids is 2. The summed E-state index contributed by atoms with van der Waals surface area (Å²) in [6.45, 7) is 5.91. The highest BCUT2D eigenvalue weighted by Crippen LogP contribution is 2.36. The summed E-state index contributed by atoms with van der Waals surface area (Å²) < 4.78 is 40.1. The van der Waals surface area contributed by atoms with Crippen molar-refractivity contribution in [3.8, 4) is 17.3 Å². The third-order valence-corrected chi connectivity index (χ3v) is 7.36. The zero-order chi connectivity index (χ0) is 29.8. The molecular weight excluding hydrogens is 537 g/mol. The average molecular weight is 571 g/mol. The largest absolute Gasteiger partial charge is 0.504 e. The SMILES string of the molecule is CC.N#CCC1(n2cc(C(N)=O)c(NC(=O)C3CC3)n2)CCN(Cc2ccc(-c3ccn(C(F)(F)F)n3)cc2)CC1. The number of amides is 2. The molecule has 3 N–H and O–H groups in total. The molecule has 13 heteroatoms. The minimum Gasteiger partial charge on any atom is -0.365 e. The van der Waals surface area contributed by atoms with Gasteiger partial charge in [0.2, 0.25) is 5.91 Å². The molecule has 2 aromatic heterocycles. The third kappa shape index (κ3) is 6.77. The lowest BCUT2D eigenvalue weighted by Crippen LogP contribution is -2.46. The van der Waals surface area contributed by atoms with Gasteiger partial charge in [-0.3, -0.25) is 19.2 Å². The van der Waals surface area contributed by atoms with E-state index in [1.165, 1.54) is 12.3 Å². The molecule has 1 aromatic carbocycles. The first-order valence-corrected chi connectivity index (χ1v) is 13.6. The number of piperidine rings is 1. The molecule has 0 atom stereocenters. The van der Waals surface area contributed by atoms with Gasteiger partial charge in [-0.25, -0.2) is 0 Å². The molecule has 0 unspecified atom stereocenters. The van der Waals surface area contributed by atoms with Gasteiger partial charge in [0, 0.05) is 43.5 Å². The maximum absolute atomic E-state index is 12.8. The monoisotopic (exact) mass is 570 g/mol. The van der Waals surface area contributed by atoms with E-state index in [9.17, 15) is 28.0 Å². The first kappa shape index (κ1) is 29.8. The molecule has 1 aliphatic carbocycles. The summed E-state index contributed by atoms with van der Waals surface area (Å²) >= 11 is 0. The van der Waals surface area contributed by atoms with Gasteiger partial charge in [-0.05, 0) is 37.3 Å². The number of benzene rings is 1. The summed E-state index contributed by atoms with van der Waals surface area (Å²) in [7, 11) is 0. The second kappa shape index (κ2) is 12.1. The van der Waals surface area contributed by atoms with E-state index in [1.54, 1.807) is 16.8 Å². The molecule has 1 aliphatic heterocycles. The molecule has 3 aromatic rings. The number of nitrogens with zero attached hydrogens (tertiary/aromatic N) is 6. The van der Waals surface area contributed by atoms with Gasteiger partial charge in [0.15, 0.2) is 5.82 Å². The Balaban J connectivity index is 0.00000189. The number of hydrogen-bond donors (Lipinski definition) is 2. The van der Waals surface area contributed by atoms with Crippen molar-refractivity contribution in [3.63, 3.8) is 0 Å². The Bertz CT molecular complexity index is 1410. The van der Waals surface area contributed by atoms with Gasteiger partial charge < -0.3 is 11.1 Å². The van der Waals surface area contributed by atoms with Crippen LogP contribution in [0.4, 0.5) is 19.0 Å². The van der Waals surface area contributed by atoms with Crippen molar-refractivity contribution in [1.29, 1.82) is 5.26 Å². The van der Waals surface area contributed by atoms with Crippen LogP contribution in [0.5, 0.6) is 0 Å². The van der Waals surface area contributed by atoms with E-state index >= 15 is 0 Å². The van der Waals surface area contributed by atoms with Gasteiger partial charge >= 0.3 is 6.30 Å². The fourth-order valence-corrected chi connectivity index (χ4v) is 4.87. The van der Waals surface area contributed by atoms with Gasteiger partial charge in [0.05, 0.1) is 23.7 Å². The Morgan fingerprint density at radius 1 is 1.12 bits per heavy atom. The van der Waals surface area contributed by atoms with E-state index in [2.05, 4.69) is 26.5 Å². The summed E-state index contributed by atoms with van der Waals surface area (Å²) in [5, 5.41) is 20.4. The molecule has 10 nitrogen and oxygen atoms in total. The number of primary amides is 1. The molecule has 5 rings (SSSR count). The minimum absolute atomic E-state index is 0.0204. The number of nitrogens with one attached hydrogen (secondary N) is 1. The number of anilines is 1. The number of nitriles is 1. The number of rotatable bonds is 8. The highest BCUT2D eigenvalue weighted by Gasteiger charge is 2.39. The van der Waals surface area contributed by atoms with Crippen LogP contribution >= 0.6 is 0 Å². The fourth-order valence-electron chi connectivity index (χ4n) is 4.87. The van der Waals surface area contributed by atoms with Crippen LogP contribution < -0.4 is 11.1 Å². The molecule has 2 aliphatic rings. The number of likely N-dealkylation sites (tertiary alicyclic amines) is 1. The fraction of sp³-hybridized carbons (Fsp3) is 0.464. The number of halogens is 3. The first-order chi connectivity index (χ1) is 19.6. The second-order valence-corrected chi connectivity index (χ2v) is 10.1. The Kier molecular flexibility index (Phi) is 8.82. The topological polar surface area (TPSA) is 135 Å². The molecule has 0 bridgehead atoms. The molecule has 0 spiro atoms. The number of hydrogen-bond acceptors (Lipinski definition) is 6. The maximum atomic E-state index is 12.8. The third-order valence-electron chi connectivity index (χ3n) is 7.36. The molecule has 41 heavy (non-hydrogen) atoms. The van der Waals surface area contributed by atoms with Crippen molar-refractivity contribution in [2.45, 2.75) is 64.3 Å². The van der Waals surface area contributed by atoms with E-state index in [1.807, 2.05) is 26.0 Å². The minimum atomic E-state index is -4.56. The van der Waals surface area contributed by atoms with Crippen LogP contribution in [0.15, 0.2) is 42.7 Å². The van der Waals surface area contributed by atoms with Crippen molar-refractivity contribution in [2.24, 2.45) is 11.7 Å². The van der Waals surface area contributed by atoms with E-state index < -0.39 is 17.7 Å². The zero-order valence-electron chi connectivity index (χ0n) is 23.0. The molecule has 0 radical (unpaired) electrons. The van der Waals surface area contributed by atoms with Gasteiger partial charge in [-0.15, -0.1) is 13.2 Å². The molecule has 1 saturated carbocycles. The summed E-state index contributed by atoms with van der Waals surface area (Å²) in [4.78, 5) is 26.5. The highest BCUT2D eigenvalue weighted by molar-refractivity contribution is 6.02. The number of aromatic nitrogens is 4. The summed E-state index contributed by atoms with van der Waals surface area (Å²) in [6.07, 6.45) is 0.812. The van der Waals surface area contributed by atoms with Crippen LogP contribution in [0.1, 0.15) is 61.9 Å². The van der Waals surface area contributed by atoms with Crippen molar-refractivity contribution in [3.05, 3.63) is 53.9 Å². The number of nitrogens with two attached hydrogens (primary N) is 1. The Morgan fingerprint density at radius 2 is 1.78 bits per heavy atom. The molecule has 1 saturated heterocycles. The van der Waals surface area contributed by atoms with Crippen LogP contribution in [0, 0.1) is 17.2 Å². The quantitative estimate of drug-likeness (QED) is 0.406. The predicted octanol–water partition coefficient (Wildman–Crippen LogP) is 4.60. The van der Waals surface area contributed by atoms with Crippen molar-refractivity contribution >= 4 is 17.6 Å². The normalized spacial score (nSPS) is 16.8. The first-order valence-electron chi connectivity index (χ1n) is 13.6. The molecule has 3 heterocycles. The lowest BCUT2D eigenvalue weighted by Gasteiger charge is -2.40. The van der Waals surface area contributed by atoms with Crippen LogP contribution in [0.25, 0.3) is 11.3 Å². The lowest BCUT2D eigenvalue weighted by atomic mass is 9.84. The maximum Gasteiger partial charge on any atom is 0.504 e. The molecule has 218 valence electrons. The van der Waals surface area contributed by atoms with Crippen LogP contribution in [-0.2, 0) is 23.2 Å². The standard InChI is InChI=1S/C26H27F3N8O2.C2H6/c27-26(28,29)36-12-7-21(33-36)18-3-1-17(2-4-18)15-35-13-9-25(8-11-30,10-14-35)37-16-20(22(31)38)23(34-37)32-24(39)19-5-6-19;1-2/h1-4,7,12,16,19H,5-6,8-10,13-15H2,(H2,31,38)(H,32,34,39);1-2H3. The second-order valence-electron chi connectivity index (χ2n) is 10.1. The van der Waals surface area contributed by atoms with Crippen molar-refractivity contribution in [1.82, 2.24) is 24.5 Å². The van der Waals surface area contributed by atoms with Crippen LogP contribution in [0.2, 0.25) is 0 Å². The zero-order valence-corrected chi connectivity index (χ0v) is 23.0. The smallest absolute Gasteiger partial charge is 0.365 e. The van der Waals surface area contributed by atoms with E-state index in [0.29, 0.717) is 38.0 Å². The van der Waals surface area contributed by atoms with Crippen molar-refractivity contribution < 1.29 is 22.8 Å². The summed E-state index contributed by atoms with van der Waals surface area (Å²) in [6, 6.07) is 10.8. The van der Waals surface area contributed by atoms with E-state index in [-0.39, 0.29) is 40.0 Å². The van der Waals surface area contributed by atoms with Crippen LogP contribution in [0.3, 0.4) is 0 Å². The van der Waals surface area contributed by atoms with Gasteiger partial charge in [-0.2, -0.15) is 20.1 Å². The van der Waals surface area contributed by atoms with Gasteiger partial charge in [-0.1, -0.05) is 38.1 Å². The van der Waals surface area contributed by atoms with E-state index in [4.69, 9.17) is 5.73 Å². The number of alkyl halides is 3. The summed E-state index contributed by atoms with van der Waals surface area (Å²) in [5.74, 6) is -0.838. The number of carbonyl (C=O) groups is 2. The van der Waals surface area contributed by atoms with Gasteiger partial charge in [0.25, 0.3) is 5.91 Å².